The van der Waals surface area contributed by atoms with Crippen LogP contribution < -0.4 is 0 Å². The molecule has 0 fully saturated rings. The maximum atomic E-state index is 5.67. The third kappa shape index (κ3) is 7.31. The van der Waals surface area contributed by atoms with E-state index in [0.29, 0.717) is 35.5 Å². The highest BCUT2D eigenvalue weighted by atomic mass is 15.2. The Balaban J connectivity index is 1.04. The molecule has 1 aliphatic rings. The first kappa shape index (κ1) is 52.1. The first-order chi connectivity index (χ1) is 39.2. The Morgan fingerprint density at radius 1 is 0.390 bits per heavy atom. The molecule has 0 spiro atoms. The molecule has 5 heterocycles. The summed E-state index contributed by atoms with van der Waals surface area (Å²) in [5.41, 5.74) is 27.3. The summed E-state index contributed by atoms with van der Waals surface area (Å²) in [6, 6.07) is 54.1. The molecule has 0 radical (unpaired) electrons. The lowest BCUT2D eigenvalue weighted by atomic mass is 9.58. The van der Waals surface area contributed by atoms with Gasteiger partial charge in [-0.2, -0.15) is 5.10 Å². The number of hydrogen-bond donors (Lipinski definition) is 0. The van der Waals surface area contributed by atoms with Crippen molar-refractivity contribution in [1.82, 2.24) is 28.1 Å². The molecule has 8 aromatic carbocycles. The van der Waals surface area contributed by atoms with E-state index < -0.39 is 0 Å². The first-order valence-electron chi connectivity index (χ1n) is 30.4. The maximum Gasteiger partial charge on any atom is 0.220 e. The molecule has 0 bridgehead atoms. The Morgan fingerprint density at radius 2 is 0.902 bits per heavy atom. The molecular weight excluding hydrogens is 997 g/mol. The van der Waals surface area contributed by atoms with Crippen LogP contribution in [-0.2, 0) is 10.8 Å². The van der Waals surface area contributed by atoms with Crippen molar-refractivity contribution < 1.29 is 0 Å². The summed E-state index contributed by atoms with van der Waals surface area (Å²) in [6.07, 6.45) is 2.14. The van der Waals surface area contributed by atoms with E-state index in [-0.39, 0.29) is 10.8 Å². The minimum Gasteiger partial charge on any atom is -0.309 e. The van der Waals surface area contributed by atoms with Crippen molar-refractivity contribution in [3.8, 4) is 33.6 Å². The molecule has 0 saturated carbocycles. The molecule has 0 N–H and O–H groups in total. The van der Waals surface area contributed by atoms with Gasteiger partial charge >= 0.3 is 0 Å². The van der Waals surface area contributed by atoms with Crippen molar-refractivity contribution >= 4 is 76.8 Å². The summed E-state index contributed by atoms with van der Waals surface area (Å²) in [7, 11) is 0. The summed E-state index contributed by atoms with van der Waals surface area (Å²) in [4.78, 5) is 5.67. The van der Waals surface area contributed by atoms with Crippen LogP contribution in [0.2, 0.25) is 0 Å². The zero-order valence-electron chi connectivity index (χ0n) is 51.0. The highest BCUT2D eigenvalue weighted by molar-refractivity contribution is 6.16. The van der Waals surface area contributed by atoms with E-state index in [1.807, 2.05) is 0 Å². The van der Waals surface area contributed by atoms with Gasteiger partial charge in [0, 0.05) is 38.2 Å². The van der Waals surface area contributed by atoms with E-state index in [0.717, 1.165) is 55.8 Å². The van der Waals surface area contributed by atoms with Gasteiger partial charge < -0.3 is 4.57 Å². The van der Waals surface area contributed by atoms with E-state index in [4.69, 9.17) is 10.1 Å². The number of imidazole rings is 2. The third-order valence-corrected chi connectivity index (χ3v) is 19.8. The second-order valence-corrected chi connectivity index (χ2v) is 27.1. The largest absolute Gasteiger partial charge is 0.309 e. The number of benzene rings is 8. The Bertz CT molecular complexity index is 4760. The van der Waals surface area contributed by atoms with Crippen LogP contribution in [0.5, 0.6) is 0 Å². The van der Waals surface area contributed by atoms with Gasteiger partial charge in [-0.1, -0.05) is 196 Å². The summed E-state index contributed by atoms with van der Waals surface area (Å²) in [6.45, 7) is 37.7. The molecule has 6 nitrogen and oxygen atoms in total. The van der Waals surface area contributed by atoms with Crippen LogP contribution >= 0.6 is 0 Å². The van der Waals surface area contributed by atoms with Gasteiger partial charge in [0.05, 0.1) is 56.0 Å². The molecule has 82 heavy (non-hydrogen) atoms. The van der Waals surface area contributed by atoms with E-state index >= 15 is 0 Å². The van der Waals surface area contributed by atoms with E-state index in [1.54, 1.807) is 0 Å². The van der Waals surface area contributed by atoms with Crippen LogP contribution in [0.4, 0.5) is 0 Å². The fourth-order valence-corrected chi connectivity index (χ4v) is 14.5. The fourth-order valence-electron chi connectivity index (χ4n) is 14.5. The first-order valence-corrected chi connectivity index (χ1v) is 30.4. The zero-order valence-corrected chi connectivity index (χ0v) is 51.0. The van der Waals surface area contributed by atoms with Gasteiger partial charge in [0.25, 0.3) is 0 Å². The third-order valence-electron chi connectivity index (χ3n) is 19.8. The lowest BCUT2D eigenvalue weighted by molar-refractivity contribution is 0.304. The van der Waals surface area contributed by atoms with Crippen molar-refractivity contribution in [2.75, 3.05) is 0 Å². The quantitative estimate of drug-likeness (QED) is 0.128. The topological polar surface area (TPSA) is 44.5 Å². The minimum atomic E-state index is -0.121. The standard InChI is InChI=1S/C76H78N6/c1-41(2)49-32-57(43(5)6)70(58(33-49)44(7)8)47-24-30-63-68(36-47)81-69-37-48(71-59(45(9)10)34-50(42(3)4)35-60(71)46(11)12)25-31-65(69)80(74(81)78-63)52-27-28-54-53-20-17-18-23-64(53)79(66(54)38-52)51-26-29-55-56-21-19-22-61-72(56)73-62(76(15,16)75(61,13)14)40-77-82(73)67(55)39-51/h17-46H,1-16H3. The highest BCUT2D eigenvalue weighted by Gasteiger charge is 2.46. The van der Waals surface area contributed by atoms with Gasteiger partial charge in [-0.3, -0.25) is 8.97 Å². The predicted octanol–water partition coefficient (Wildman–Crippen LogP) is 21.1. The number of aromatic nitrogens is 6. The average Bonchev–Trinajstić information content (AvgIpc) is 1.71. The molecule has 1 aliphatic carbocycles. The van der Waals surface area contributed by atoms with Gasteiger partial charge in [-0.25, -0.2) is 9.50 Å². The number of nitrogens with zero attached hydrogens (tertiary/aromatic N) is 6. The molecule has 0 unspecified atom stereocenters. The van der Waals surface area contributed by atoms with Crippen molar-refractivity contribution in [3.05, 3.63) is 190 Å². The second-order valence-electron chi connectivity index (χ2n) is 27.1. The van der Waals surface area contributed by atoms with Gasteiger partial charge in [-0.05, 0) is 162 Å². The summed E-state index contributed by atoms with van der Waals surface area (Å²) >= 11 is 0. The SMILES string of the molecule is CC(C)c1cc(C(C)C)c(-c2ccc3nc4n(-c5ccc6c7ccccc7n(-c7ccc8c9cccc%10c9c9c(cnn9c8c7)C(C)(C)C%10(C)C)c6c5)c5ccc(-c6c(C(C)C)cc(C(C)C)cc6C(C)C)cc5n4c3c2)c(C(C)C)c1. The van der Waals surface area contributed by atoms with Crippen LogP contribution in [0.1, 0.15) is 191 Å². The Kier molecular flexibility index (Phi) is 11.6. The summed E-state index contributed by atoms with van der Waals surface area (Å²) in [5, 5.41) is 11.5. The second kappa shape index (κ2) is 18.3. The predicted molar refractivity (Wildman–Crippen MR) is 349 cm³/mol. The minimum absolute atomic E-state index is 0.0777. The number of hydrogen-bond acceptors (Lipinski definition) is 2. The van der Waals surface area contributed by atoms with Gasteiger partial charge in [0.15, 0.2) is 0 Å². The van der Waals surface area contributed by atoms with E-state index in [1.165, 1.54) is 99.2 Å². The van der Waals surface area contributed by atoms with Crippen molar-refractivity contribution in [2.45, 2.75) is 157 Å². The Hall–Kier alpha value is -7.96. The van der Waals surface area contributed by atoms with Gasteiger partial charge in [0.1, 0.15) is 0 Å². The number of pyridine rings is 1. The van der Waals surface area contributed by atoms with Crippen LogP contribution in [-0.4, -0.2) is 28.1 Å². The zero-order chi connectivity index (χ0) is 57.3. The van der Waals surface area contributed by atoms with Crippen molar-refractivity contribution in [2.24, 2.45) is 0 Å². The monoisotopic (exact) mass is 1070 g/mol. The Morgan fingerprint density at radius 3 is 1.50 bits per heavy atom. The molecule has 14 rings (SSSR count). The van der Waals surface area contributed by atoms with E-state index in [9.17, 15) is 0 Å². The van der Waals surface area contributed by atoms with Gasteiger partial charge in [-0.15, -0.1) is 0 Å². The van der Waals surface area contributed by atoms with Crippen molar-refractivity contribution in [1.29, 1.82) is 0 Å². The molecule has 412 valence electrons. The summed E-state index contributed by atoms with van der Waals surface area (Å²) in [5.74, 6) is 3.17. The molecule has 6 heteroatoms. The normalized spacial score (nSPS) is 14.5. The lowest BCUT2D eigenvalue weighted by Crippen LogP contribution is -2.42. The highest BCUT2D eigenvalue weighted by Crippen LogP contribution is 2.54. The molecule has 0 atom stereocenters. The number of rotatable bonds is 10. The van der Waals surface area contributed by atoms with Crippen LogP contribution in [0.15, 0.2) is 146 Å². The number of para-hydroxylation sites is 1. The molecule has 0 aliphatic heterocycles. The molecular formula is C76H78N6. The maximum absolute atomic E-state index is 5.67. The van der Waals surface area contributed by atoms with E-state index in [2.05, 4.69) is 275 Å². The molecule has 0 saturated heterocycles. The smallest absolute Gasteiger partial charge is 0.220 e. The molecule has 13 aromatic rings. The lowest BCUT2D eigenvalue weighted by Gasteiger charge is -2.45. The Labute approximate surface area is 483 Å². The summed E-state index contributed by atoms with van der Waals surface area (Å²) < 4.78 is 9.61. The van der Waals surface area contributed by atoms with Crippen LogP contribution in [0.3, 0.4) is 0 Å². The number of fused-ring (bicyclic) bond motifs is 11. The van der Waals surface area contributed by atoms with Crippen LogP contribution in [0, 0.1) is 0 Å². The van der Waals surface area contributed by atoms with Crippen LogP contribution in [0.25, 0.3) is 110 Å². The van der Waals surface area contributed by atoms with Crippen molar-refractivity contribution in [3.63, 3.8) is 0 Å². The average molecular weight is 1080 g/mol. The van der Waals surface area contributed by atoms with Gasteiger partial charge in [0.2, 0.25) is 5.78 Å². The fraction of sp³-hybridized carbons (Fsp3) is 0.316. The molecule has 5 aromatic heterocycles. The molecule has 0 amide bonds.